The largest absolute Gasteiger partial charge is 0.494 e. The minimum atomic E-state index is -1.22. The third kappa shape index (κ3) is 61.3. The first-order valence-corrected chi connectivity index (χ1v) is 42.4. The van der Waals surface area contributed by atoms with Crippen LogP contribution in [0.4, 0.5) is 0 Å². The number of nitrogens with one attached hydrogen (secondary N) is 5. The van der Waals surface area contributed by atoms with Crippen LogP contribution in [0.5, 0.6) is 11.5 Å². The van der Waals surface area contributed by atoms with Crippen molar-refractivity contribution in [3.05, 3.63) is 59.7 Å². The van der Waals surface area contributed by atoms with Gasteiger partial charge in [0.05, 0.1) is 96.3 Å². The molecule has 119 heavy (non-hydrogen) atoms. The van der Waals surface area contributed by atoms with Gasteiger partial charge in [-0.05, 0) is 133 Å². The monoisotopic (exact) mass is 1690 g/mol. The summed E-state index contributed by atoms with van der Waals surface area (Å²) < 4.78 is 54.8. The first-order chi connectivity index (χ1) is 57.4. The quantitative estimate of drug-likeness (QED) is 0.0279. The molecule has 5 amide bonds. The van der Waals surface area contributed by atoms with Gasteiger partial charge < -0.3 is 94.4 Å². The number of carboxylic acids is 4. The number of Topliss-reactive ketones (excluding diaryl/α,β-unsaturated/α-hetero) is 5. The molecule has 33 heteroatoms. The van der Waals surface area contributed by atoms with Gasteiger partial charge in [-0.3, -0.25) is 52.7 Å². The minimum Gasteiger partial charge on any atom is -0.494 e. The maximum absolute atomic E-state index is 13.1. The van der Waals surface area contributed by atoms with Gasteiger partial charge in [0.25, 0.3) is 0 Å². The van der Waals surface area contributed by atoms with E-state index in [9.17, 15) is 77.3 Å². The molecule has 4 atom stereocenters. The van der Waals surface area contributed by atoms with Crippen molar-refractivity contribution in [2.75, 3.05) is 145 Å². The van der Waals surface area contributed by atoms with Gasteiger partial charge in [-0.25, -0.2) is 14.4 Å². The molecule has 0 aliphatic carbocycles. The number of ether oxygens (including phenoxy) is 10. The van der Waals surface area contributed by atoms with E-state index in [4.69, 9.17) is 57.6 Å². The Balaban J connectivity index is 1.33. The smallest absolute Gasteiger partial charge is 0.335 e. The second-order valence-corrected chi connectivity index (χ2v) is 29.3. The highest BCUT2D eigenvalue weighted by Gasteiger charge is 2.25. The number of carboxylic acid groups (broad SMARTS) is 4. The highest BCUT2D eigenvalue weighted by Crippen LogP contribution is 2.22. The Hall–Kier alpha value is -8.70. The lowest BCUT2D eigenvalue weighted by Crippen LogP contribution is -2.41. The van der Waals surface area contributed by atoms with E-state index >= 15 is 0 Å². The molecule has 33 nitrogen and oxygen atoms in total. The molecule has 0 saturated carbocycles. The molecule has 9 N–H and O–H groups in total. The Labute approximate surface area is 700 Å². The third-order valence-electron chi connectivity index (χ3n) is 19.1. The zero-order valence-corrected chi connectivity index (χ0v) is 70.2. The number of aromatic carboxylic acids is 2. The van der Waals surface area contributed by atoms with Crippen molar-refractivity contribution in [1.82, 2.24) is 26.6 Å². The third-order valence-corrected chi connectivity index (χ3v) is 19.1. The molecule has 2 aromatic rings. The highest BCUT2D eigenvalue weighted by molar-refractivity contribution is 5.89. The molecule has 0 aliphatic rings. The fourth-order valence-electron chi connectivity index (χ4n) is 12.0. The maximum atomic E-state index is 13.1. The zero-order chi connectivity index (χ0) is 87.1. The molecule has 0 bridgehead atoms. The lowest BCUT2D eigenvalue weighted by atomic mass is 9.87. The van der Waals surface area contributed by atoms with Crippen LogP contribution in [-0.2, 0) is 95.4 Å². The van der Waals surface area contributed by atoms with E-state index in [1.807, 2.05) is 6.92 Å². The molecule has 0 spiro atoms. The van der Waals surface area contributed by atoms with Crippen LogP contribution < -0.4 is 36.1 Å². The predicted molar refractivity (Wildman–Crippen MR) is 438 cm³/mol. The molecule has 672 valence electrons. The van der Waals surface area contributed by atoms with E-state index in [0.29, 0.717) is 122 Å². The van der Waals surface area contributed by atoms with Gasteiger partial charge in [0.2, 0.25) is 29.5 Å². The number of benzene rings is 2. The summed E-state index contributed by atoms with van der Waals surface area (Å²) in [6.45, 7) is 7.60. The van der Waals surface area contributed by atoms with Crippen LogP contribution in [0.2, 0.25) is 0 Å². The van der Waals surface area contributed by atoms with Crippen molar-refractivity contribution in [3.63, 3.8) is 0 Å². The Morgan fingerprint density at radius 2 is 0.697 bits per heavy atom. The molecule has 0 aromatic heterocycles. The predicted octanol–water partition coefficient (Wildman–Crippen LogP) is 9.01. The molecule has 0 radical (unpaired) electrons. The van der Waals surface area contributed by atoms with Crippen molar-refractivity contribution in [2.45, 2.75) is 225 Å². The number of hydrogen-bond acceptors (Lipinski definition) is 24. The summed E-state index contributed by atoms with van der Waals surface area (Å²) in [6.07, 6.45) is 18.1. The standard InChI is InChI=1S/C86H135N5O28/c1-65(23-15-17-41-87-81(100)63-116-57-51-110-45-21-27-73(95)62-115-56-54-113-50-44-90-79(98)40-38-76(86(108)109)91-80(99)28-14-10-6-4-8-12-20-48-119-75-36-31-68(32-37-75)84(104)105)77(96)60-69(66(2)92)24-16-18-42-88-82(101)64-117-58-52-111-46-22-26-72(94)61-114-55-53-112-49-43-89-78(97)39-33-70(85(106)107)59-71(93)25-13-9-5-3-7-11-19-47-118-74-34-29-67(30-35-74)83(102)103/h29-32,34-37,65,69-70,76H,3-28,33,38-64H2,1-2H3,(H,87,100)(H,88,101)(H,89,97)(H,90,98)(H,91,99)(H,102,103)(H,104,105)(H,106,107)(H,108,109)/t65-,69+,70+,76-/m0/s1. The van der Waals surface area contributed by atoms with E-state index in [0.717, 1.165) is 77.0 Å². The summed E-state index contributed by atoms with van der Waals surface area (Å²) in [5.41, 5.74) is 0.412. The van der Waals surface area contributed by atoms with Crippen molar-refractivity contribution in [3.8, 4) is 11.5 Å². The van der Waals surface area contributed by atoms with E-state index in [1.165, 1.54) is 31.2 Å². The molecule has 0 fully saturated rings. The van der Waals surface area contributed by atoms with Crippen LogP contribution in [0.15, 0.2) is 48.5 Å². The van der Waals surface area contributed by atoms with E-state index in [-0.39, 0.29) is 239 Å². The Bertz CT molecular complexity index is 3210. The van der Waals surface area contributed by atoms with E-state index in [1.54, 1.807) is 24.3 Å². The minimum absolute atomic E-state index is 0.00702. The Kier molecular flexibility index (Phi) is 63.5. The average Bonchev–Trinajstić information content (AvgIpc) is 0.905. The lowest BCUT2D eigenvalue weighted by molar-refractivity contribution is -0.144. The molecular formula is C86H135N5O28. The van der Waals surface area contributed by atoms with Crippen molar-refractivity contribution >= 4 is 82.3 Å². The molecule has 0 saturated heterocycles. The molecule has 0 unspecified atom stereocenters. The summed E-state index contributed by atoms with van der Waals surface area (Å²) in [6, 6.07) is 11.4. The number of carbonyl (C=O) groups is 14. The second-order valence-electron chi connectivity index (χ2n) is 29.3. The molecular weight excluding hydrogens is 1550 g/mol. The zero-order valence-electron chi connectivity index (χ0n) is 70.2. The number of hydrogen-bond donors (Lipinski definition) is 9. The van der Waals surface area contributed by atoms with E-state index in [2.05, 4.69) is 26.6 Å². The number of ketones is 5. The van der Waals surface area contributed by atoms with Crippen LogP contribution in [0.3, 0.4) is 0 Å². The van der Waals surface area contributed by atoms with Gasteiger partial charge in [0.1, 0.15) is 61.3 Å². The number of aliphatic carboxylic acids is 2. The summed E-state index contributed by atoms with van der Waals surface area (Å²) >= 11 is 0. The first kappa shape index (κ1) is 106. The van der Waals surface area contributed by atoms with Gasteiger partial charge in [-0.15, -0.1) is 0 Å². The summed E-state index contributed by atoms with van der Waals surface area (Å²) in [7, 11) is 0. The van der Waals surface area contributed by atoms with Crippen LogP contribution in [0.1, 0.15) is 240 Å². The van der Waals surface area contributed by atoms with Crippen LogP contribution in [0.25, 0.3) is 0 Å². The summed E-state index contributed by atoms with van der Waals surface area (Å²) in [4.78, 5) is 170. The van der Waals surface area contributed by atoms with E-state index < -0.39 is 41.8 Å². The molecule has 2 rings (SSSR count). The van der Waals surface area contributed by atoms with Gasteiger partial charge in [0, 0.05) is 103 Å². The lowest BCUT2D eigenvalue weighted by Gasteiger charge is -2.16. The summed E-state index contributed by atoms with van der Waals surface area (Å²) in [5, 5.41) is 50.7. The normalized spacial score (nSPS) is 12.2. The number of rotatable bonds is 83. The number of carbonyl (C=O) groups excluding carboxylic acids is 10. The van der Waals surface area contributed by atoms with Crippen molar-refractivity contribution < 1.29 is 135 Å². The average molecular weight is 1690 g/mol. The van der Waals surface area contributed by atoms with Crippen LogP contribution in [-0.4, -0.2) is 254 Å². The fourth-order valence-corrected chi connectivity index (χ4v) is 12.0. The Morgan fingerprint density at radius 3 is 1.13 bits per heavy atom. The molecule has 0 heterocycles. The van der Waals surface area contributed by atoms with Crippen LogP contribution in [0, 0.1) is 17.8 Å². The topological polar surface area (TPSA) is 472 Å². The van der Waals surface area contributed by atoms with Gasteiger partial charge in [-0.2, -0.15) is 0 Å². The maximum Gasteiger partial charge on any atom is 0.335 e. The SMILES string of the molecule is CC(=O)[C@H](CCCCNC(=O)COCCOCCCC(=O)COCCOCCNC(=O)CC[C@H](CC(=O)CCCCCCCCCOc1ccc(C(=O)O)cc1)C(=O)O)CC(=O)[C@@H](C)CCCCNC(=O)COCCOCCCC(=O)COCCOCCNC(=O)CC[C@H](NC(=O)CCCCCCCCCOc1ccc(C(=O)O)cc1)C(=O)O. The van der Waals surface area contributed by atoms with Gasteiger partial charge in [0.15, 0.2) is 11.6 Å². The first-order valence-electron chi connectivity index (χ1n) is 42.4. The van der Waals surface area contributed by atoms with Crippen LogP contribution >= 0.6 is 0 Å². The Morgan fingerprint density at radius 1 is 0.311 bits per heavy atom. The number of amides is 5. The highest BCUT2D eigenvalue weighted by atomic mass is 16.5. The molecule has 2 aromatic carbocycles. The second kappa shape index (κ2) is 71.1. The molecule has 0 aliphatic heterocycles. The van der Waals surface area contributed by atoms with Gasteiger partial charge >= 0.3 is 23.9 Å². The van der Waals surface area contributed by atoms with Gasteiger partial charge in [-0.1, -0.05) is 84.0 Å². The van der Waals surface area contributed by atoms with Crippen molar-refractivity contribution in [1.29, 1.82) is 0 Å². The summed E-state index contributed by atoms with van der Waals surface area (Å²) in [5.74, 6) is -6.75. The fraction of sp³-hybridized carbons (Fsp3) is 0.698. The van der Waals surface area contributed by atoms with Crippen molar-refractivity contribution in [2.24, 2.45) is 17.8 Å². The number of unbranched alkanes of at least 4 members (excludes halogenated alkanes) is 14.